The molecule has 2 rings (SSSR count). The molecule has 0 saturated heterocycles. The number of thioether (sulfide) groups is 1. The van der Waals surface area contributed by atoms with Crippen molar-refractivity contribution < 1.29 is 14.2 Å². The van der Waals surface area contributed by atoms with Gasteiger partial charge < -0.3 is 14.2 Å². The van der Waals surface area contributed by atoms with Crippen molar-refractivity contribution in [3.63, 3.8) is 0 Å². The molecule has 0 radical (unpaired) electrons. The van der Waals surface area contributed by atoms with E-state index in [9.17, 15) is 0 Å². The van der Waals surface area contributed by atoms with Gasteiger partial charge in [-0.05, 0) is 24.6 Å². The SMILES string of the molecule is COc1cc(SCc2ccc(C)cc2)cc(OC)c1OC. The highest BCUT2D eigenvalue weighted by Gasteiger charge is 2.13. The number of ether oxygens (including phenoxy) is 3. The third-order valence-corrected chi connectivity index (χ3v) is 4.21. The summed E-state index contributed by atoms with van der Waals surface area (Å²) < 4.78 is 16.1. The summed E-state index contributed by atoms with van der Waals surface area (Å²) in [5.74, 6) is 2.89. The average Bonchev–Trinajstić information content (AvgIpc) is 2.53. The minimum Gasteiger partial charge on any atom is -0.493 e. The van der Waals surface area contributed by atoms with Crippen molar-refractivity contribution in [2.45, 2.75) is 17.6 Å². The molecule has 0 spiro atoms. The zero-order chi connectivity index (χ0) is 15.2. The maximum Gasteiger partial charge on any atom is 0.203 e. The summed E-state index contributed by atoms with van der Waals surface area (Å²) in [5.41, 5.74) is 2.57. The standard InChI is InChI=1S/C17H20O3S/c1-12-5-7-13(8-6-12)11-21-14-9-15(18-2)17(20-4)16(10-14)19-3/h5-10H,11H2,1-4H3. The maximum atomic E-state index is 5.37. The Kier molecular flexibility index (Phi) is 5.39. The lowest BCUT2D eigenvalue weighted by Gasteiger charge is -2.14. The van der Waals surface area contributed by atoms with Gasteiger partial charge in [-0.15, -0.1) is 11.8 Å². The zero-order valence-electron chi connectivity index (χ0n) is 12.8. The molecular weight excluding hydrogens is 284 g/mol. The summed E-state index contributed by atoms with van der Waals surface area (Å²) in [6.45, 7) is 2.09. The van der Waals surface area contributed by atoms with Gasteiger partial charge in [0.15, 0.2) is 11.5 Å². The van der Waals surface area contributed by atoms with Gasteiger partial charge in [0, 0.05) is 10.6 Å². The van der Waals surface area contributed by atoms with Crippen LogP contribution in [0.5, 0.6) is 17.2 Å². The fraction of sp³-hybridized carbons (Fsp3) is 0.294. The highest BCUT2D eigenvalue weighted by molar-refractivity contribution is 7.98. The molecule has 0 aliphatic carbocycles. The molecule has 3 nitrogen and oxygen atoms in total. The second kappa shape index (κ2) is 7.27. The molecule has 2 aromatic rings. The molecule has 0 fully saturated rings. The molecular formula is C17H20O3S. The summed E-state index contributed by atoms with van der Waals surface area (Å²) in [6.07, 6.45) is 0. The minimum atomic E-state index is 0.625. The zero-order valence-corrected chi connectivity index (χ0v) is 13.6. The molecule has 0 aromatic heterocycles. The van der Waals surface area contributed by atoms with Crippen LogP contribution in [0, 0.1) is 6.92 Å². The van der Waals surface area contributed by atoms with E-state index in [1.807, 2.05) is 12.1 Å². The van der Waals surface area contributed by atoms with Crippen LogP contribution in [-0.4, -0.2) is 21.3 Å². The predicted molar refractivity (Wildman–Crippen MR) is 86.8 cm³/mol. The number of rotatable bonds is 6. The van der Waals surface area contributed by atoms with Crippen molar-refractivity contribution >= 4 is 11.8 Å². The van der Waals surface area contributed by atoms with Crippen LogP contribution < -0.4 is 14.2 Å². The first kappa shape index (κ1) is 15.6. The van der Waals surface area contributed by atoms with Crippen LogP contribution in [0.3, 0.4) is 0 Å². The summed E-state index contributed by atoms with van der Waals surface area (Å²) >= 11 is 1.74. The van der Waals surface area contributed by atoms with E-state index in [0.717, 1.165) is 10.6 Å². The summed E-state index contributed by atoms with van der Waals surface area (Å²) in [7, 11) is 4.87. The third kappa shape index (κ3) is 3.85. The van der Waals surface area contributed by atoms with Crippen LogP contribution in [0.2, 0.25) is 0 Å². The van der Waals surface area contributed by atoms with Crippen LogP contribution in [0.1, 0.15) is 11.1 Å². The lowest BCUT2D eigenvalue weighted by Crippen LogP contribution is -1.95. The van der Waals surface area contributed by atoms with Crippen LogP contribution in [0.4, 0.5) is 0 Å². The average molecular weight is 304 g/mol. The Morgan fingerprint density at radius 3 is 1.90 bits per heavy atom. The molecule has 2 aromatic carbocycles. The summed E-state index contributed by atoms with van der Waals surface area (Å²) in [5, 5.41) is 0. The van der Waals surface area contributed by atoms with Gasteiger partial charge in [-0.25, -0.2) is 0 Å². The number of aryl methyl sites for hydroxylation is 1. The fourth-order valence-electron chi connectivity index (χ4n) is 1.99. The number of hydrogen-bond donors (Lipinski definition) is 0. The summed E-state index contributed by atoms with van der Waals surface area (Å²) in [6, 6.07) is 12.5. The van der Waals surface area contributed by atoms with Crippen LogP contribution >= 0.6 is 11.8 Å². The predicted octanol–water partition coefficient (Wildman–Crippen LogP) is 4.31. The highest BCUT2D eigenvalue weighted by atomic mass is 32.2. The quantitative estimate of drug-likeness (QED) is 0.743. The van der Waals surface area contributed by atoms with Crippen molar-refractivity contribution in [3.8, 4) is 17.2 Å². The normalized spacial score (nSPS) is 10.3. The van der Waals surface area contributed by atoms with Crippen molar-refractivity contribution in [2.24, 2.45) is 0 Å². The van der Waals surface area contributed by atoms with Gasteiger partial charge in [0.1, 0.15) is 0 Å². The molecule has 0 aliphatic heterocycles. The maximum absolute atomic E-state index is 5.37. The highest BCUT2D eigenvalue weighted by Crippen LogP contribution is 2.41. The number of benzene rings is 2. The topological polar surface area (TPSA) is 27.7 Å². The van der Waals surface area contributed by atoms with Crippen molar-refractivity contribution in [3.05, 3.63) is 47.5 Å². The molecule has 0 atom stereocenters. The van der Waals surface area contributed by atoms with Gasteiger partial charge in [0.05, 0.1) is 21.3 Å². The molecule has 0 amide bonds. The molecule has 0 unspecified atom stereocenters. The number of hydrogen-bond acceptors (Lipinski definition) is 4. The smallest absolute Gasteiger partial charge is 0.203 e. The van der Waals surface area contributed by atoms with Crippen molar-refractivity contribution in [1.82, 2.24) is 0 Å². The van der Waals surface area contributed by atoms with E-state index in [2.05, 4.69) is 31.2 Å². The molecule has 21 heavy (non-hydrogen) atoms. The van der Waals surface area contributed by atoms with E-state index < -0.39 is 0 Å². The second-order valence-electron chi connectivity index (χ2n) is 4.64. The molecule has 112 valence electrons. The molecule has 0 aliphatic rings. The minimum absolute atomic E-state index is 0.625. The van der Waals surface area contributed by atoms with Crippen LogP contribution in [-0.2, 0) is 5.75 Å². The third-order valence-electron chi connectivity index (χ3n) is 3.16. The van der Waals surface area contributed by atoms with Crippen molar-refractivity contribution in [2.75, 3.05) is 21.3 Å². The lowest BCUT2D eigenvalue weighted by atomic mass is 10.2. The van der Waals surface area contributed by atoms with Gasteiger partial charge in [-0.3, -0.25) is 0 Å². The molecule has 0 saturated carbocycles. The largest absolute Gasteiger partial charge is 0.493 e. The van der Waals surface area contributed by atoms with E-state index in [1.54, 1.807) is 33.1 Å². The van der Waals surface area contributed by atoms with Gasteiger partial charge in [-0.1, -0.05) is 29.8 Å². The summed E-state index contributed by atoms with van der Waals surface area (Å²) in [4.78, 5) is 1.09. The van der Waals surface area contributed by atoms with Crippen molar-refractivity contribution in [1.29, 1.82) is 0 Å². The first-order valence-corrected chi connectivity index (χ1v) is 7.65. The molecule has 0 bridgehead atoms. The Morgan fingerprint density at radius 2 is 1.43 bits per heavy atom. The monoisotopic (exact) mass is 304 g/mol. The van der Waals surface area contributed by atoms with Gasteiger partial charge in [-0.2, -0.15) is 0 Å². The van der Waals surface area contributed by atoms with E-state index in [4.69, 9.17) is 14.2 Å². The molecule has 0 N–H and O–H groups in total. The Balaban J connectivity index is 2.18. The van der Waals surface area contributed by atoms with E-state index in [0.29, 0.717) is 17.2 Å². The Labute approximate surface area is 130 Å². The first-order valence-electron chi connectivity index (χ1n) is 6.66. The molecule has 4 heteroatoms. The van der Waals surface area contributed by atoms with Gasteiger partial charge in [0.2, 0.25) is 5.75 Å². The van der Waals surface area contributed by atoms with Crippen LogP contribution in [0.25, 0.3) is 0 Å². The van der Waals surface area contributed by atoms with Crippen LogP contribution in [0.15, 0.2) is 41.3 Å². The van der Waals surface area contributed by atoms with Gasteiger partial charge >= 0.3 is 0 Å². The van der Waals surface area contributed by atoms with E-state index in [1.165, 1.54) is 11.1 Å². The Hall–Kier alpha value is -1.81. The van der Waals surface area contributed by atoms with E-state index in [-0.39, 0.29) is 0 Å². The fourth-order valence-corrected chi connectivity index (χ4v) is 2.90. The molecule has 0 heterocycles. The van der Waals surface area contributed by atoms with Gasteiger partial charge in [0.25, 0.3) is 0 Å². The lowest BCUT2D eigenvalue weighted by molar-refractivity contribution is 0.323. The van der Waals surface area contributed by atoms with E-state index >= 15 is 0 Å². The second-order valence-corrected chi connectivity index (χ2v) is 5.68. The Morgan fingerprint density at radius 1 is 0.857 bits per heavy atom. The Bertz CT molecular complexity index is 568. The number of methoxy groups -OCH3 is 3. The first-order chi connectivity index (χ1) is 10.2.